The van der Waals surface area contributed by atoms with Gasteiger partial charge in [0.25, 0.3) is 0 Å². The number of carboxylic acid groups (broad SMARTS) is 1. The Bertz CT molecular complexity index is 661. The molecule has 8 heteroatoms. The number of nitrogens with zero attached hydrogens (tertiary/aromatic N) is 3. The zero-order valence-electron chi connectivity index (χ0n) is 12.2. The molecule has 0 amide bonds. The van der Waals surface area contributed by atoms with Gasteiger partial charge in [0.2, 0.25) is 0 Å². The number of hydrogen-bond donors (Lipinski definition) is 1. The van der Waals surface area contributed by atoms with Gasteiger partial charge in [-0.25, -0.2) is 0 Å². The second kappa shape index (κ2) is 7.62. The number of carboxylic acids is 1. The molecule has 1 heterocycles. The van der Waals surface area contributed by atoms with Crippen LogP contribution in [0.15, 0.2) is 29.4 Å². The molecule has 0 saturated carbocycles. The Morgan fingerprint density at radius 3 is 2.77 bits per heavy atom. The predicted molar refractivity (Wildman–Crippen MR) is 84.7 cm³/mol. The van der Waals surface area contributed by atoms with Gasteiger partial charge in [0, 0.05) is 0 Å². The van der Waals surface area contributed by atoms with Crippen LogP contribution in [0.2, 0.25) is 5.02 Å². The maximum atomic E-state index is 10.8. The average molecular weight is 342 g/mol. The average Bonchev–Trinajstić information content (AvgIpc) is 2.86. The number of benzene rings is 1. The van der Waals surface area contributed by atoms with E-state index in [2.05, 4.69) is 10.2 Å². The second-order valence-electron chi connectivity index (χ2n) is 4.73. The summed E-state index contributed by atoms with van der Waals surface area (Å²) in [6.07, 6.45) is 0.0477. The Hall–Kier alpha value is -1.57. The molecule has 0 bridgehead atoms. The van der Waals surface area contributed by atoms with E-state index < -0.39 is 5.97 Å². The van der Waals surface area contributed by atoms with Gasteiger partial charge in [-0.05, 0) is 26.0 Å². The van der Waals surface area contributed by atoms with E-state index in [4.69, 9.17) is 21.4 Å². The molecule has 0 unspecified atom stereocenters. The summed E-state index contributed by atoms with van der Waals surface area (Å²) in [5, 5.41) is 18.0. The van der Waals surface area contributed by atoms with Crippen LogP contribution in [0.4, 0.5) is 0 Å². The molecule has 2 aromatic rings. The zero-order valence-corrected chi connectivity index (χ0v) is 13.8. The van der Waals surface area contributed by atoms with E-state index in [1.165, 1.54) is 0 Å². The minimum atomic E-state index is -0.918. The molecule has 0 spiro atoms. The molecule has 1 N–H and O–H groups in total. The maximum Gasteiger partial charge on any atom is 0.313 e. The molecule has 2 rings (SSSR count). The van der Waals surface area contributed by atoms with Gasteiger partial charge in [0.05, 0.1) is 22.6 Å². The number of ether oxygens (including phenoxy) is 1. The lowest BCUT2D eigenvalue weighted by molar-refractivity contribution is -0.133. The van der Waals surface area contributed by atoms with Gasteiger partial charge >= 0.3 is 5.97 Å². The standard InChI is InChI=1S/C14H16ClN3O3S/c1-9(2)21-7-12-16-17-14(22-8-13(19)20)18(12)11-6-4-3-5-10(11)15/h3-6,9H,7-8H2,1-2H3,(H,19,20). The van der Waals surface area contributed by atoms with Gasteiger partial charge < -0.3 is 9.84 Å². The van der Waals surface area contributed by atoms with E-state index in [-0.39, 0.29) is 18.5 Å². The number of aliphatic carboxylic acids is 1. The van der Waals surface area contributed by atoms with E-state index in [0.29, 0.717) is 21.7 Å². The quantitative estimate of drug-likeness (QED) is 0.780. The van der Waals surface area contributed by atoms with Gasteiger partial charge in [-0.1, -0.05) is 35.5 Å². The molecule has 0 aliphatic heterocycles. The van der Waals surface area contributed by atoms with Crippen molar-refractivity contribution < 1.29 is 14.6 Å². The first-order valence-electron chi connectivity index (χ1n) is 6.64. The van der Waals surface area contributed by atoms with Crippen LogP contribution in [-0.4, -0.2) is 37.7 Å². The summed E-state index contributed by atoms with van der Waals surface area (Å²) in [5.41, 5.74) is 0.699. The lowest BCUT2D eigenvalue weighted by atomic mass is 10.3. The maximum absolute atomic E-state index is 10.8. The number of hydrogen-bond acceptors (Lipinski definition) is 5. The Morgan fingerprint density at radius 2 is 2.14 bits per heavy atom. The molecular formula is C14H16ClN3O3S. The van der Waals surface area contributed by atoms with Crippen molar-refractivity contribution in [1.29, 1.82) is 0 Å². The Labute approximate surface area is 137 Å². The van der Waals surface area contributed by atoms with E-state index in [1.807, 2.05) is 32.0 Å². The van der Waals surface area contributed by atoms with Crippen molar-refractivity contribution in [2.24, 2.45) is 0 Å². The van der Waals surface area contributed by atoms with Crippen molar-refractivity contribution in [3.05, 3.63) is 35.1 Å². The molecule has 0 aliphatic carbocycles. The van der Waals surface area contributed by atoms with Crippen LogP contribution in [0.5, 0.6) is 0 Å². The zero-order chi connectivity index (χ0) is 16.1. The van der Waals surface area contributed by atoms with Crippen LogP contribution in [0.1, 0.15) is 19.7 Å². The van der Waals surface area contributed by atoms with Crippen LogP contribution < -0.4 is 0 Å². The topological polar surface area (TPSA) is 77.2 Å². The molecule has 1 aromatic heterocycles. The number of carbonyl (C=O) groups is 1. The van der Waals surface area contributed by atoms with E-state index >= 15 is 0 Å². The highest BCUT2D eigenvalue weighted by Gasteiger charge is 2.17. The molecule has 22 heavy (non-hydrogen) atoms. The van der Waals surface area contributed by atoms with Crippen LogP contribution >= 0.6 is 23.4 Å². The molecular weight excluding hydrogens is 326 g/mol. The van der Waals surface area contributed by atoms with Gasteiger partial charge in [0.1, 0.15) is 6.61 Å². The highest BCUT2D eigenvalue weighted by atomic mass is 35.5. The number of para-hydroxylation sites is 1. The highest BCUT2D eigenvalue weighted by molar-refractivity contribution is 7.99. The summed E-state index contributed by atoms with van der Waals surface area (Å²) in [6.45, 7) is 4.12. The van der Waals surface area contributed by atoms with Crippen molar-refractivity contribution >= 4 is 29.3 Å². The lowest BCUT2D eigenvalue weighted by Crippen LogP contribution is -2.09. The summed E-state index contributed by atoms with van der Waals surface area (Å²) >= 11 is 7.33. The highest BCUT2D eigenvalue weighted by Crippen LogP contribution is 2.27. The van der Waals surface area contributed by atoms with Crippen molar-refractivity contribution in [2.75, 3.05) is 5.75 Å². The van der Waals surface area contributed by atoms with Crippen molar-refractivity contribution in [2.45, 2.75) is 31.7 Å². The molecule has 6 nitrogen and oxygen atoms in total. The fraction of sp³-hybridized carbons (Fsp3) is 0.357. The Kier molecular flexibility index (Phi) is 5.82. The predicted octanol–water partition coefficient (Wildman–Crippen LogP) is 3.02. The first-order chi connectivity index (χ1) is 10.5. The molecule has 0 aliphatic rings. The SMILES string of the molecule is CC(C)OCc1nnc(SCC(=O)O)n1-c1ccccc1Cl. The van der Waals surface area contributed by atoms with Crippen LogP contribution in [0.3, 0.4) is 0 Å². The number of rotatable bonds is 7. The van der Waals surface area contributed by atoms with E-state index in [9.17, 15) is 4.79 Å². The van der Waals surface area contributed by atoms with E-state index in [0.717, 1.165) is 11.8 Å². The molecule has 0 saturated heterocycles. The minimum Gasteiger partial charge on any atom is -0.481 e. The normalized spacial score (nSPS) is 11.1. The van der Waals surface area contributed by atoms with Crippen molar-refractivity contribution in [3.8, 4) is 5.69 Å². The van der Waals surface area contributed by atoms with Crippen LogP contribution in [0, 0.1) is 0 Å². The Balaban J connectivity index is 2.39. The van der Waals surface area contributed by atoms with Gasteiger partial charge in [-0.2, -0.15) is 0 Å². The van der Waals surface area contributed by atoms with Crippen molar-refractivity contribution in [3.63, 3.8) is 0 Å². The number of halogens is 1. The van der Waals surface area contributed by atoms with Gasteiger partial charge in [-0.15, -0.1) is 10.2 Å². The van der Waals surface area contributed by atoms with E-state index in [1.54, 1.807) is 10.6 Å². The smallest absolute Gasteiger partial charge is 0.313 e. The molecule has 0 fully saturated rings. The summed E-state index contributed by atoms with van der Waals surface area (Å²) in [5.74, 6) is -0.443. The second-order valence-corrected chi connectivity index (χ2v) is 6.08. The number of aromatic nitrogens is 3. The van der Waals surface area contributed by atoms with Gasteiger partial charge in [-0.3, -0.25) is 9.36 Å². The summed E-state index contributed by atoms with van der Waals surface area (Å²) in [7, 11) is 0. The third-order valence-corrected chi connectivity index (χ3v) is 3.90. The third-order valence-electron chi connectivity index (χ3n) is 2.66. The summed E-state index contributed by atoms with van der Waals surface area (Å²) in [6, 6.07) is 7.26. The lowest BCUT2D eigenvalue weighted by Gasteiger charge is -2.12. The fourth-order valence-corrected chi connectivity index (χ4v) is 2.63. The Morgan fingerprint density at radius 1 is 1.41 bits per heavy atom. The third kappa shape index (κ3) is 4.22. The molecule has 1 aromatic carbocycles. The van der Waals surface area contributed by atoms with Crippen LogP contribution in [0.25, 0.3) is 5.69 Å². The van der Waals surface area contributed by atoms with Crippen LogP contribution in [-0.2, 0) is 16.1 Å². The summed E-state index contributed by atoms with van der Waals surface area (Å²) < 4.78 is 7.31. The molecule has 118 valence electrons. The number of thioether (sulfide) groups is 1. The van der Waals surface area contributed by atoms with Gasteiger partial charge in [0.15, 0.2) is 11.0 Å². The monoisotopic (exact) mass is 341 g/mol. The summed E-state index contributed by atoms with van der Waals surface area (Å²) in [4.78, 5) is 10.8. The fourth-order valence-electron chi connectivity index (χ4n) is 1.73. The minimum absolute atomic E-state index is 0.0477. The molecule has 0 radical (unpaired) electrons. The first-order valence-corrected chi connectivity index (χ1v) is 8.00. The first kappa shape index (κ1) is 16.8. The van der Waals surface area contributed by atoms with Crippen molar-refractivity contribution in [1.82, 2.24) is 14.8 Å². The largest absolute Gasteiger partial charge is 0.481 e. The molecule has 0 atom stereocenters.